The minimum absolute atomic E-state index is 0.489. The maximum atomic E-state index is 3.41. The van der Waals surface area contributed by atoms with Crippen LogP contribution >= 0.6 is 11.8 Å². The number of thioether (sulfide) groups is 1. The van der Waals surface area contributed by atoms with Crippen LogP contribution < -0.4 is 5.32 Å². The molecule has 17 heavy (non-hydrogen) atoms. The Morgan fingerprint density at radius 1 is 1.18 bits per heavy atom. The van der Waals surface area contributed by atoms with Crippen molar-refractivity contribution in [2.75, 3.05) is 18.6 Å². The molecule has 1 N–H and O–H groups in total. The van der Waals surface area contributed by atoms with Crippen LogP contribution in [0.5, 0.6) is 0 Å². The van der Waals surface area contributed by atoms with Gasteiger partial charge < -0.3 is 5.32 Å². The molecule has 2 heteroatoms. The highest BCUT2D eigenvalue weighted by Crippen LogP contribution is 2.19. The third-order valence-electron chi connectivity index (χ3n) is 3.07. The number of rotatable bonds is 8. The summed E-state index contributed by atoms with van der Waals surface area (Å²) < 4.78 is 0. The molecule has 1 nitrogen and oxygen atoms in total. The maximum absolute atomic E-state index is 3.41. The molecular weight excluding hydrogens is 226 g/mol. The van der Waals surface area contributed by atoms with Crippen LogP contribution in [0.4, 0.5) is 0 Å². The highest BCUT2D eigenvalue weighted by Gasteiger charge is 2.08. The topological polar surface area (TPSA) is 12.0 Å². The Hall–Kier alpha value is -0.470. The first-order chi connectivity index (χ1) is 8.31. The predicted molar refractivity (Wildman–Crippen MR) is 79.9 cm³/mol. The first kappa shape index (κ1) is 14.6. The Morgan fingerprint density at radius 3 is 2.41 bits per heavy atom. The second kappa shape index (κ2) is 8.60. The number of aryl methyl sites for hydroxylation is 1. The summed E-state index contributed by atoms with van der Waals surface area (Å²) >= 11 is 2.05. The second-order valence-corrected chi connectivity index (χ2v) is 5.51. The molecule has 0 aromatic heterocycles. The summed E-state index contributed by atoms with van der Waals surface area (Å²) in [6.07, 6.45) is 3.74. The quantitative estimate of drug-likeness (QED) is 0.700. The molecule has 0 aliphatic heterocycles. The van der Waals surface area contributed by atoms with Crippen molar-refractivity contribution in [3.05, 3.63) is 35.4 Å². The summed E-state index contributed by atoms with van der Waals surface area (Å²) in [7, 11) is 2.05. The van der Waals surface area contributed by atoms with E-state index in [1.165, 1.54) is 35.5 Å². The summed E-state index contributed by atoms with van der Waals surface area (Å²) in [6.45, 7) is 4.45. The molecule has 0 aliphatic carbocycles. The smallest absolute Gasteiger partial charge is 0.0409 e. The first-order valence-electron chi connectivity index (χ1n) is 6.65. The average molecular weight is 251 g/mol. The van der Waals surface area contributed by atoms with Crippen molar-refractivity contribution >= 4 is 11.8 Å². The fourth-order valence-electron chi connectivity index (χ4n) is 1.78. The lowest BCUT2D eigenvalue weighted by Crippen LogP contribution is -2.18. The molecule has 0 saturated heterocycles. The number of nitrogens with one attached hydrogen (secondary N) is 1. The van der Waals surface area contributed by atoms with E-state index in [0.717, 1.165) is 6.42 Å². The normalized spacial score (nSPS) is 12.6. The summed E-state index contributed by atoms with van der Waals surface area (Å²) in [5.41, 5.74) is 2.83. The number of hydrogen-bond donors (Lipinski definition) is 1. The largest absolute Gasteiger partial charge is 0.312 e. The lowest BCUT2D eigenvalue weighted by molar-refractivity contribution is 0.661. The number of benzene rings is 1. The van der Waals surface area contributed by atoms with Crippen LogP contribution in [-0.4, -0.2) is 18.6 Å². The van der Waals surface area contributed by atoms with Crippen molar-refractivity contribution in [2.24, 2.45) is 0 Å². The molecule has 0 amide bonds. The Bertz CT molecular complexity index is 294. The van der Waals surface area contributed by atoms with Crippen molar-refractivity contribution < 1.29 is 0 Å². The number of unbranched alkanes of at least 4 members (excludes halogenated alkanes) is 1. The van der Waals surface area contributed by atoms with Crippen LogP contribution in [-0.2, 0) is 6.42 Å². The second-order valence-electron chi connectivity index (χ2n) is 4.36. The summed E-state index contributed by atoms with van der Waals surface area (Å²) in [5.74, 6) is 2.45. The van der Waals surface area contributed by atoms with Gasteiger partial charge in [0.2, 0.25) is 0 Å². The minimum Gasteiger partial charge on any atom is -0.312 e. The third kappa shape index (κ3) is 5.13. The van der Waals surface area contributed by atoms with E-state index in [4.69, 9.17) is 0 Å². The Balaban J connectivity index is 2.47. The number of hydrogen-bond acceptors (Lipinski definition) is 2. The zero-order valence-electron chi connectivity index (χ0n) is 11.3. The van der Waals surface area contributed by atoms with E-state index in [-0.39, 0.29) is 0 Å². The summed E-state index contributed by atoms with van der Waals surface area (Å²) in [4.78, 5) is 0. The first-order valence-corrected chi connectivity index (χ1v) is 7.81. The molecule has 0 saturated carbocycles. The van der Waals surface area contributed by atoms with Crippen molar-refractivity contribution in [3.8, 4) is 0 Å². The fourth-order valence-corrected chi connectivity index (χ4v) is 3.03. The van der Waals surface area contributed by atoms with Gasteiger partial charge in [-0.1, -0.05) is 44.5 Å². The molecule has 1 atom stereocenters. The molecule has 96 valence electrons. The van der Waals surface area contributed by atoms with Gasteiger partial charge in [-0.25, -0.2) is 0 Å². The van der Waals surface area contributed by atoms with Gasteiger partial charge in [0.25, 0.3) is 0 Å². The van der Waals surface area contributed by atoms with Crippen LogP contribution in [0, 0.1) is 0 Å². The van der Waals surface area contributed by atoms with Gasteiger partial charge in [0.15, 0.2) is 0 Å². The SMILES string of the molecule is CCCCSCC(NC)c1ccc(CC)cc1. The van der Waals surface area contributed by atoms with Gasteiger partial charge in [-0.3, -0.25) is 0 Å². The van der Waals surface area contributed by atoms with Gasteiger partial charge in [-0.2, -0.15) is 11.8 Å². The highest BCUT2D eigenvalue weighted by atomic mass is 32.2. The average Bonchev–Trinajstić information content (AvgIpc) is 2.39. The summed E-state index contributed by atoms with van der Waals surface area (Å²) in [5, 5.41) is 3.41. The Kier molecular flexibility index (Phi) is 7.38. The molecular formula is C15H25NS. The Labute approximate surface area is 110 Å². The van der Waals surface area contributed by atoms with E-state index in [1.54, 1.807) is 0 Å². The van der Waals surface area contributed by atoms with E-state index in [1.807, 2.05) is 0 Å². The van der Waals surface area contributed by atoms with Crippen LogP contribution in [0.1, 0.15) is 43.9 Å². The summed E-state index contributed by atoms with van der Waals surface area (Å²) in [6, 6.07) is 9.51. The molecule has 0 bridgehead atoms. The molecule has 1 aromatic carbocycles. The predicted octanol–water partition coefficient (Wildman–Crippen LogP) is 4.04. The molecule has 0 radical (unpaired) electrons. The van der Waals surface area contributed by atoms with Crippen molar-refractivity contribution in [1.29, 1.82) is 0 Å². The molecule has 0 heterocycles. The van der Waals surface area contributed by atoms with Crippen molar-refractivity contribution in [2.45, 2.75) is 39.2 Å². The van der Waals surface area contributed by atoms with Crippen LogP contribution in [0.3, 0.4) is 0 Å². The Morgan fingerprint density at radius 2 is 1.88 bits per heavy atom. The maximum Gasteiger partial charge on any atom is 0.0409 e. The van der Waals surface area contributed by atoms with Gasteiger partial charge in [0.1, 0.15) is 0 Å². The van der Waals surface area contributed by atoms with Crippen LogP contribution in [0.15, 0.2) is 24.3 Å². The lowest BCUT2D eigenvalue weighted by atomic mass is 10.1. The highest BCUT2D eigenvalue weighted by molar-refractivity contribution is 7.99. The lowest BCUT2D eigenvalue weighted by Gasteiger charge is -2.16. The van der Waals surface area contributed by atoms with E-state index in [9.17, 15) is 0 Å². The molecule has 0 spiro atoms. The van der Waals surface area contributed by atoms with Crippen LogP contribution in [0.2, 0.25) is 0 Å². The van der Waals surface area contributed by atoms with E-state index in [2.05, 4.69) is 62.2 Å². The standard InChI is InChI=1S/C15H25NS/c1-4-6-11-17-12-15(16-3)14-9-7-13(5-2)8-10-14/h7-10,15-16H,4-6,11-12H2,1-3H3. The van der Waals surface area contributed by atoms with Crippen LogP contribution in [0.25, 0.3) is 0 Å². The zero-order valence-corrected chi connectivity index (χ0v) is 12.1. The van der Waals surface area contributed by atoms with Crippen molar-refractivity contribution in [3.63, 3.8) is 0 Å². The minimum atomic E-state index is 0.489. The zero-order chi connectivity index (χ0) is 12.5. The van der Waals surface area contributed by atoms with E-state index < -0.39 is 0 Å². The van der Waals surface area contributed by atoms with Gasteiger partial charge >= 0.3 is 0 Å². The van der Waals surface area contributed by atoms with Gasteiger partial charge in [0.05, 0.1) is 0 Å². The van der Waals surface area contributed by atoms with Gasteiger partial charge in [-0.05, 0) is 36.8 Å². The molecule has 1 unspecified atom stereocenters. The van der Waals surface area contributed by atoms with Gasteiger partial charge in [-0.15, -0.1) is 0 Å². The molecule has 0 fully saturated rings. The third-order valence-corrected chi connectivity index (χ3v) is 4.21. The molecule has 1 aromatic rings. The van der Waals surface area contributed by atoms with Gasteiger partial charge in [0, 0.05) is 11.8 Å². The van der Waals surface area contributed by atoms with E-state index >= 15 is 0 Å². The fraction of sp³-hybridized carbons (Fsp3) is 0.600. The van der Waals surface area contributed by atoms with E-state index in [0.29, 0.717) is 6.04 Å². The van der Waals surface area contributed by atoms with Crippen molar-refractivity contribution in [1.82, 2.24) is 5.32 Å². The molecule has 1 rings (SSSR count). The molecule has 0 aliphatic rings. The monoisotopic (exact) mass is 251 g/mol.